The summed E-state index contributed by atoms with van der Waals surface area (Å²) in [6.45, 7) is 15.2. The van der Waals surface area contributed by atoms with Gasteiger partial charge in [0.1, 0.15) is 17.1 Å². The van der Waals surface area contributed by atoms with E-state index in [1.54, 1.807) is 57.2 Å². The number of halogens is 3. The molecule has 4 N–H and O–H groups in total. The predicted molar refractivity (Wildman–Crippen MR) is 347 cm³/mol. The van der Waals surface area contributed by atoms with Gasteiger partial charge in [0.05, 0.1) is 38.8 Å². The number of rotatable bonds is 32. The summed E-state index contributed by atoms with van der Waals surface area (Å²) >= 11 is 20.5. The topological polar surface area (TPSA) is 202 Å². The highest BCUT2D eigenvalue weighted by Gasteiger charge is 2.33. The second kappa shape index (κ2) is 32.5. The lowest BCUT2D eigenvalue weighted by Crippen LogP contribution is -2.31. The first-order valence-corrected chi connectivity index (χ1v) is 31.7. The first-order valence-electron chi connectivity index (χ1n) is 30.4. The van der Waals surface area contributed by atoms with Crippen molar-refractivity contribution in [3.8, 4) is 0 Å². The molecule has 0 aromatic heterocycles. The van der Waals surface area contributed by atoms with Crippen molar-refractivity contribution in [2.24, 2.45) is 17.3 Å². The molecule has 0 aliphatic carbocycles. The van der Waals surface area contributed by atoms with Crippen LogP contribution in [0.3, 0.4) is 0 Å². The minimum absolute atomic E-state index is 0.0254. The van der Waals surface area contributed by atoms with Crippen molar-refractivity contribution in [1.29, 1.82) is 0 Å². The first kappa shape index (κ1) is 70.1. The van der Waals surface area contributed by atoms with Crippen molar-refractivity contribution < 1.29 is 58.7 Å². The van der Waals surface area contributed by atoms with Crippen LogP contribution < -0.4 is 0 Å². The summed E-state index contributed by atoms with van der Waals surface area (Å²) in [4.78, 5) is 74.5. The molecule has 8 unspecified atom stereocenters. The van der Waals surface area contributed by atoms with Gasteiger partial charge in [-0.15, -0.1) is 34.8 Å². The molecular formula is C73H85Cl3O12. The van der Waals surface area contributed by atoms with Gasteiger partial charge in [0, 0.05) is 6.42 Å². The lowest BCUT2D eigenvalue weighted by atomic mass is 9.78. The number of aromatic carboxylic acids is 3. The third-order valence-corrected chi connectivity index (χ3v) is 17.3. The van der Waals surface area contributed by atoms with Crippen LogP contribution in [0.5, 0.6) is 0 Å². The molecule has 0 heterocycles. The fraction of sp³-hybridized carbons (Fsp3) is 0.425. The summed E-state index contributed by atoms with van der Waals surface area (Å²) in [5, 5.41) is 36.2. The highest BCUT2D eigenvalue weighted by atomic mass is 35.5. The van der Waals surface area contributed by atoms with E-state index in [0.29, 0.717) is 56.4 Å². The first-order chi connectivity index (χ1) is 41.5. The van der Waals surface area contributed by atoms with Gasteiger partial charge in [-0.3, -0.25) is 14.4 Å². The van der Waals surface area contributed by atoms with Crippen molar-refractivity contribution in [3.63, 3.8) is 0 Å². The zero-order chi connectivity index (χ0) is 64.5. The summed E-state index contributed by atoms with van der Waals surface area (Å²) in [7, 11) is 0. The van der Waals surface area contributed by atoms with E-state index in [4.69, 9.17) is 44.3 Å². The Bertz CT molecular complexity index is 3240. The molecule has 470 valence electrons. The molecule has 88 heavy (non-hydrogen) atoms. The maximum atomic E-state index is 14.0. The number of hydrogen-bond acceptors (Lipinski definition) is 8. The quantitative estimate of drug-likeness (QED) is 0.0230. The second-order valence-electron chi connectivity index (χ2n) is 25.8. The molecule has 15 heteroatoms. The van der Waals surface area contributed by atoms with Crippen LogP contribution in [0.2, 0.25) is 0 Å². The zero-order valence-corrected chi connectivity index (χ0v) is 54.0. The van der Waals surface area contributed by atoms with Crippen molar-refractivity contribution >= 4 is 70.6 Å². The maximum Gasteiger partial charge on any atom is 0.335 e. The summed E-state index contributed by atoms with van der Waals surface area (Å²) in [5.41, 5.74) is 7.83. The monoisotopic (exact) mass is 1260 g/mol. The van der Waals surface area contributed by atoms with Crippen LogP contribution in [0.1, 0.15) is 216 Å². The third kappa shape index (κ3) is 22.2. The number of esters is 2. The Kier molecular flexibility index (Phi) is 25.9. The van der Waals surface area contributed by atoms with Gasteiger partial charge in [-0.25, -0.2) is 14.4 Å². The molecule has 0 aliphatic heterocycles. The highest BCUT2D eigenvalue weighted by molar-refractivity contribution is 6.29. The van der Waals surface area contributed by atoms with Crippen molar-refractivity contribution in [2.45, 2.75) is 178 Å². The summed E-state index contributed by atoms with van der Waals surface area (Å²) in [6.07, 6.45) is 5.67. The maximum absolute atomic E-state index is 14.0. The molecule has 0 saturated carbocycles. The summed E-state index contributed by atoms with van der Waals surface area (Å²) in [6, 6.07) is 45.5. The Hall–Kier alpha value is -6.99. The summed E-state index contributed by atoms with van der Waals surface area (Å²) in [5.74, 6) is -5.74. The number of ether oxygens (including phenoxy) is 2. The Morgan fingerprint density at radius 2 is 0.795 bits per heavy atom. The predicted octanol–water partition coefficient (Wildman–Crippen LogP) is 17.6. The minimum Gasteiger partial charge on any atom is -0.480 e. The number of carboxylic acid groups (broad SMARTS) is 4. The van der Waals surface area contributed by atoms with Gasteiger partial charge in [0.2, 0.25) is 0 Å². The molecule has 12 nitrogen and oxygen atoms in total. The normalized spacial score (nSPS) is 14.6. The van der Waals surface area contributed by atoms with Crippen molar-refractivity contribution in [1.82, 2.24) is 0 Å². The van der Waals surface area contributed by atoms with E-state index in [0.717, 1.165) is 52.6 Å². The van der Waals surface area contributed by atoms with Gasteiger partial charge in [-0.05, 0) is 222 Å². The fourth-order valence-corrected chi connectivity index (χ4v) is 11.9. The van der Waals surface area contributed by atoms with Gasteiger partial charge in [-0.1, -0.05) is 123 Å². The summed E-state index contributed by atoms with van der Waals surface area (Å²) < 4.78 is 12.2. The van der Waals surface area contributed by atoms with Gasteiger partial charge >= 0.3 is 35.8 Å². The lowest BCUT2D eigenvalue weighted by Gasteiger charge is -2.31. The third-order valence-electron chi connectivity index (χ3n) is 16.0. The fourth-order valence-electron chi connectivity index (χ4n) is 11.0. The number of carboxylic acids is 4. The van der Waals surface area contributed by atoms with Gasteiger partial charge in [0.15, 0.2) is 0 Å². The molecule has 0 fully saturated rings. The Labute approximate surface area is 534 Å². The molecule has 0 bridgehead atoms. The second-order valence-corrected chi connectivity index (χ2v) is 27.4. The molecule has 0 amide bonds. The number of alkyl halides is 3. The standard InChI is InChI=1S/C73H85Cl3O12/c1-45(2)39-49-11-9-46(10-12-49)17-24-58(50-20-13-48(14-21-50)19-26-60(43-65(76)69(83)84)70(85)88-73(6,7)8)40-61(41-62(87-71(86)72(3,4)5)44-64(75)54-31-37-57(38-32-54)68(81)82)52-22-15-47(16-23-52)18-25-59(51-27-33-55(34-28-51)66(77)78)42-63(74)53-29-35-56(36-30-53)67(79)80/h9-16,20-23,27-38,45,58-65H,17-19,24-26,39-44H2,1-8H3,(H,77,78)(H,79,80)(H,81,82)(H,83,84). The van der Waals surface area contributed by atoms with Crippen LogP contribution in [-0.2, 0) is 49.5 Å². The van der Waals surface area contributed by atoms with E-state index in [1.165, 1.54) is 35.4 Å². The van der Waals surface area contributed by atoms with Gasteiger partial charge in [-0.2, -0.15) is 0 Å². The van der Waals surface area contributed by atoms with E-state index in [1.807, 2.05) is 32.9 Å². The highest BCUT2D eigenvalue weighted by Crippen LogP contribution is 2.41. The van der Waals surface area contributed by atoms with E-state index in [9.17, 15) is 49.2 Å². The minimum atomic E-state index is -1.26. The van der Waals surface area contributed by atoms with Crippen LogP contribution in [0.4, 0.5) is 0 Å². The number of hydrogen-bond donors (Lipinski definition) is 4. The molecule has 6 rings (SSSR count). The molecular weight excluding hydrogens is 1180 g/mol. The van der Waals surface area contributed by atoms with E-state index < -0.39 is 69.0 Å². The van der Waals surface area contributed by atoms with E-state index in [2.05, 4.69) is 86.6 Å². The zero-order valence-electron chi connectivity index (χ0n) is 51.7. The Balaban J connectivity index is 1.37. The SMILES string of the molecule is CC(C)Cc1ccc(CCC(CC(CC(CC(Cl)c2ccc(C(=O)O)cc2)OC(=O)C(C)(C)C)c2ccc(CCC(CC(Cl)c3ccc(C(=O)O)cc3)c3ccc(C(=O)O)cc3)cc2)c2ccc(CCC(CC(Cl)C(=O)O)C(=O)OC(C)(C)C)cc2)cc1. The van der Waals surface area contributed by atoms with Crippen LogP contribution in [0.25, 0.3) is 0 Å². The van der Waals surface area contributed by atoms with Crippen LogP contribution >= 0.6 is 34.8 Å². The Morgan fingerprint density at radius 3 is 1.19 bits per heavy atom. The molecule has 6 aromatic rings. The van der Waals surface area contributed by atoms with Gasteiger partial charge in [0.25, 0.3) is 0 Å². The van der Waals surface area contributed by atoms with Gasteiger partial charge < -0.3 is 29.9 Å². The smallest absolute Gasteiger partial charge is 0.335 e. The van der Waals surface area contributed by atoms with Crippen LogP contribution in [0.15, 0.2) is 146 Å². The number of benzene rings is 6. The average molecular weight is 1260 g/mol. The van der Waals surface area contributed by atoms with Crippen LogP contribution in [0, 0.1) is 17.3 Å². The number of carbonyl (C=O) groups excluding carboxylic acids is 2. The molecule has 6 aromatic carbocycles. The molecule has 0 radical (unpaired) electrons. The number of aryl methyl sites for hydroxylation is 3. The van der Waals surface area contributed by atoms with E-state index >= 15 is 0 Å². The largest absolute Gasteiger partial charge is 0.480 e. The lowest BCUT2D eigenvalue weighted by molar-refractivity contribution is -0.161. The molecule has 8 atom stereocenters. The Morgan fingerprint density at radius 1 is 0.432 bits per heavy atom. The number of carbonyl (C=O) groups is 6. The number of aliphatic carboxylic acids is 1. The van der Waals surface area contributed by atoms with Crippen molar-refractivity contribution in [3.05, 3.63) is 212 Å². The molecule has 0 spiro atoms. The van der Waals surface area contributed by atoms with Crippen LogP contribution in [-0.4, -0.2) is 73.3 Å². The molecule has 0 saturated heterocycles. The average Bonchev–Trinajstić information content (AvgIpc) is 3.51. The molecule has 0 aliphatic rings. The van der Waals surface area contributed by atoms with Crippen molar-refractivity contribution in [2.75, 3.05) is 0 Å². The van der Waals surface area contributed by atoms with E-state index in [-0.39, 0.29) is 53.3 Å².